The lowest BCUT2D eigenvalue weighted by atomic mass is 10.2. The zero-order chi connectivity index (χ0) is 18.0. The van der Waals surface area contributed by atoms with Crippen molar-refractivity contribution in [3.63, 3.8) is 0 Å². The summed E-state index contributed by atoms with van der Waals surface area (Å²) in [5.74, 6) is -0.624. The molecular weight excluding hydrogens is 385 g/mol. The Bertz CT molecular complexity index is 979. The van der Waals surface area contributed by atoms with Gasteiger partial charge < -0.3 is 10.3 Å². The minimum Gasteiger partial charge on any atom is -0.845 e. The first-order chi connectivity index (χ1) is 11.9. The van der Waals surface area contributed by atoms with Gasteiger partial charge in [-0.15, -0.1) is 4.99 Å². The highest BCUT2D eigenvalue weighted by molar-refractivity contribution is 7.09. The zero-order valence-electron chi connectivity index (χ0n) is 12.6. The molecule has 0 spiro atoms. The molecule has 0 saturated carbocycles. The van der Waals surface area contributed by atoms with Gasteiger partial charge in [-0.05, 0) is 29.8 Å². The third kappa shape index (κ3) is 4.01. The van der Waals surface area contributed by atoms with Gasteiger partial charge in [-0.1, -0.05) is 47.5 Å². The standard InChI is InChI=1S/C16H11Cl2N3O3S/c17-12-5-1-10(2-6-12)9-20-16(23)21(24)15(25-20)19-14(22)11-3-7-13(18)8-4-11/h1-8H,9H2,(H,19,22)/p-1. The van der Waals surface area contributed by atoms with Crippen molar-refractivity contribution in [3.8, 4) is 0 Å². The maximum Gasteiger partial charge on any atom is 0.455 e. The number of nitrogens with zero attached hydrogens (tertiary/aromatic N) is 3. The van der Waals surface area contributed by atoms with Crippen LogP contribution in [0.2, 0.25) is 10.0 Å². The lowest BCUT2D eigenvalue weighted by Gasteiger charge is -2.06. The molecule has 0 amide bonds. The topological polar surface area (TPSA) is 84.4 Å². The molecule has 3 rings (SSSR count). The third-order valence-electron chi connectivity index (χ3n) is 3.28. The van der Waals surface area contributed by atoms with E-state index in [9.17, 15) is 15.1 Å². The molecule has 0 N–H and O–H groups in total. The average molecular weight is 395 g/mol. The van der Waals surface area contributed by atoms with Crippen LogP contribution in [-0.4, -0.2) is 9.85 Å². The Morgan fingerprint density at radius 1 is 1.08 bits per heavy atom. The van der Waals surface area contributed by atoms with Gasteiger partial charge in [0.2, 0.25) is 0 Å². The molecule has 25 heavy (non-hydrogen) atoms. The van der Waals surface area contributed by atoms with Crippen LogP contribution in [0.5, 0.6) is 0 Å². The van der Waals surface area contributed by atoms with Gasteiger partial charge in [0.25, 0.3) is 0 Å². The van der Waals surface area contributed by atoms with Gasteiger partial charge in [-0.2, -0.15) is 8.69 Å². The minimum absolute atomic E-state index is 0.106. The summed E-state index contributed by atoms with van der Waals surface area (Å²) in [5.41, 5.74) is 0.279. The van der Waals surface area contributed by atoms with Crippen molar-refractivity contribution >= 4 is 45.8 Å². The van der Waals surface area contributed by atoms with Crippen LogP contribution in [0.15, 0.2) is 58.3 Å². The van der Waals surface area contributed by atoms with Crippen molar-refractivity contribution in [1.29, 1.82) is 0 Å². The third-order valence-corrected chi connectivity index (χ3v) is 4.71. The number of aliphatic imine (C=N–C) groups is 1. The minimum atomic E-state index is -0.789. The van der Waals surface area contributed by atoms with E-state index in [4.69, 9.17) is 23.2 Å². The molecule has 0 saturated heterocycles. The molecule has 0 aliphatic heterocycles. The van der Waals surface area contributed by atoms with Crippen molar-refractivity contribution in [2.24, 2.45) is 4.99 Å². The molecule has 1 aromatic heterocycles. The fourth-order valence-electron chi connectivity index (χ4n) is 2.02. The first kappa shape index (κ1) is 17.5. The van der Waals surface area contributed by atoms with Gasteiger partial charge in [-0.25, -0.2) is 4.79 Å². The molecule has 6 nitrogen and oxygen atoms in total. The molecule has 0 fully saturated rings. The molecule has 0 bridgehead atoms. The van der Waals surface area contributed by atoms with E-state index >= 15 is 0 Å². The fourth-order valence-corrected chi connectivity index (χ4v) is 3.11. The zero-order valence-corrected chi connectivity index (χ0v) is 14.9. The molecule has 0 aliphatic carbocycles. The second-order valence-corrected chi connectivity index (χ2v) is 6.90. The van der Waals surface area contributed by atoms with E-state index < -0.39 is 11.6 Å². The predicted octanol–water partition coefficient (Wildman–Crippen LogP) is 2.34. The van der Waals surface area contributed by atoms with Crippen molar-refractivity contribution in [2.75, 3.05) is 0 Å². The Balaban J connectivity index is 1.90. The summed E-state index contributed by atoms with van der Waals surface area (Å²) in [4.78, 5) is 15.8. The SMILES string of the molecule is O=c1n(Cc2ccc(Cl)cc2)sc(N=C([O-])c2ccc(Cl)cc2)[n+]1[O-]. The molecule has 0 radical (unpaired) electrons. The van der Waals surface area contributed by atoms with Crippen molar-refractivity contribution in [3.05, 3.63) is 85.4 Å². The second-order valence-electron chi connectivity index (χ2n) is 5.04. The normalized spacial score (nSPS) is 11.7. The summed E-state index contributed by atoms with van der Waals surface area (Å²) >= 11 is 12.4. The largest absolute Gasteiger partial charge is 0.845 e. The number of hydrogen-bond donors (Lipinski definition) is 0. The summed E-state index contributed by atoms with van der Waals surface area (Å²) in [6, 6.07) is 13.0. The average Bonchev–Trinajstić information content (AvgIpc) is 2.85. The highest BCUT2D eigenvalue weighted by Crippen LogP contribution is 2.16. The van der Waals surface area contributed by atoms with E-state index in [1.54, 1.807) is 36.4 Å². The maximum atomic E-state index is 12.1. The van der Waals surface area contributed by atoms with Gasteiger partial charge in [0.05, 0.1) is 17.4 Å². The maximum absolute atomic E-state index is 12.1. The van der Waals surface area contributed by atoms with Crippen molar-refractivity contribution in [1.82, 2.24) is 3.96 Å². The Labute approximate surface area is 156 Å². The van der Waals surface area contributed by atoms with Gasteiger partial charge in [-0.3, -0.25) is 0 Å². The number of benzene rings is 2. The Morgan fingerprint density at radius 3 is 2.24 bits per heavy atom. The van der Waals surface area contributed by atoms with E-state index in [2.05, 4.69) is 4.99 Å². The smallest absolute Gasteiger partial charge is 0.455 e. The highest BCUT2D eigenvalue weighted by atomic mass is 35.5. The summed E-state index contributed by atoms with van der Waals surface area (Å²) < 4.78 is 1.33. The molecule has 2 aromatic carbocycles. The van der Waals surface area contributed by atoms with Crippen LogP contribution >= 0.6 is 34.7 Å². The number of rotatable bonds is 4. The van der Waals surface area contributed by atoms with Crippen LogP contribution in [0.1, 0.15) is 11.1 Å². The van der Waals surface area contributed by atoms with Crippen LogP contribution < -0.4 is 15.5 Å². The number of halogens is 2. The first-order valence-corrected chi connectivity index (χ1v) is 8.57. The molecule has 0 unspecified atom stereocenters. The number of hydrogen-bond acceptors (Lipinski definition) is 5. The van der Waals surface area contributed by atoms with Crippen LogP contribution in [0, 0.1) is 5.21 Å². The fraction of sp³-hybridized carbons (Fsp3) is 0.0625. The van der Waals surface area contributed by atoms with Gasteiger partial charge in [0, 0.05) is 15.6 Å². The molecule has 128 valence electrons. The van der Waals surface area contributed by atoms with Crippen molar-refractivity contribution < 1.29 is 9.84 Å². The van der Waals surface area contributed by atoms with Gasteiger partial charge >= 0.3 is 10.8 Å². The van der Waals surface area contributed by atoms with Gasteiger partial charge in [0.15, 0.2) is 0 Å². The van der Waals surface area contributed by atoms with E-state index in [-0.39, 0.29) is 22.0 Å². The van der Waals surface area contributed by atoms with Crippen LogP contribution in [0.4, 0.5) is 5.13 Å². The Morgan fingerprint density at radius 2 is 1.64 bits per heavy atom. The molecule has 0 atom stereocenters. The lowest BCUT2D eigenvalue weighted by Crippen LogP contribution is -2.45. The number of aromatic nitrogens is 2. The summed E-state index contributed by atoms with van der Waals surface area (Å²) in [6.45, 7) is 0.188. The second kappa shape index (κ2) is 7.26. The molecule has 3 aromatic rings. The molecule has 0 aliphatic rings. The highest BCUT2D eigenvalue weighted by Gasteiger charge is 2.16. The van der Waals surface area contributed by atoms with E-state index in [1.165, 1.54) is 16.1 Å². The lowest BCUT2D eigenvalue weighted by molar-refractivity contribution is -0.606. The molecule has 1 heterocycles. The van der Waals surface area contributed by atoms with Crippen molar-refractivity contribution in [2.45, 2.75) is 6.54 Å². The summed E-state index contributed by atoms with van der Waals surface area (Å²) in [7, 11) is 0. The van der Waals surface area contributed by atoms with Gasteiger partial charge in [0.1, 0.15) is 6.54 Å². The van der Waals surface area contributed by atoms with E-state index in [0.717, 1.165) is 17.1 Å². The quantitative estimate of drug-likeness (QED) is 0.294. The Kier molecular flexibility index (Phi) is 5.08. The van der Waals surface area contributed by atoms with Crippen LogP contribution in [0.3, 0.4) is 0 Å². The first-order valence-electron chi connectivity index (χ1n) is 7.04. The molecular formula is C16H10Cl2N3O3S-. The predicted molar refractivity (Wildman–Crippen MR) is 95.7 cm³/mol. The Hall–Kier alpha value is -2.35. The summed E-state index contributed by atoms with van der Waals surface area (Å²) in [6.07, 6.45) is 0. The van der Waals surface area contributed by atoms with Crippen LogP contribution in [-0.2, 0) is 6.54 Å². The van der Waals surface area contributed by atoms with Crippen LogP contribution in [0.25, 0.3) is 0 Å². The molecule has 9 heteroatoms. The van der Waals surface area contributed by atoms with E-state index in [0.29, 0.717) is 10.0 Å². The summed E-state index contributed by atoms with van der Waals surface area (Å²) in [5, 5.41) is 24.9. The monoisotopic (exact) mass is 394 g/mol. The van der Waals surface area contributed by atoms with E-state index in [1.807, 2.05) is 0 Å².